The fourth-order valence-corrected chi connectivity index (χ4v) is 2.61. The van der Waals surface area contributed by atoms with Crippen LogP contribution < -0.4 is 0 Å². The number of H-pyrrole nitrogens is 1. The molecule has 3 nitrogen and oxygen atoms in total. The molecule has 1 aliphatic rings. The molecule has 1 amide bonds. The summed E-state index contributed by atoms with van der Waals surface area (Å²) < 4.78 is 0.927. The van der Waals surface area contributed by atoms with E-state index in [1.54, 1.807) is 6.20 Å². The lowest BCUT2D eigenvalue weighted by atomic mass is 9.78. The van der Waals surface area contributed by atoms with Gasteiger partial charge in [0.05, 0.1) is 0 Å². The van der Waals surface area contributed by atoms with Gasteiger partial charge in [-0.05, 0) is 40.3 Å². The van der Waals surface area contributed by atoms with Crippen molar-refractivity contribution in [1.82, 2.24) is 9.88 Å². The summed E-state index contributed by atoms with van der Waals surface area (Å²) in [5.41, 5.74) is 1.10. The summed E-state index contributed by atoms with van der Waals surface area (Å²) in [5, 5.41) is 0. The largest absolute Gasteiger partial charge is 0.356 e. The molecular weight excluding hydrogens is 280 g/mol. The van der Waals surface area contributed by atoms with Crippen LogP contribution in [0.3, 0.4) is 0 Å². The molecule has 1 aromatic rings. The third-order valence-electron chi connectivity index (χ3n) is 3.99. The summed E-state index contributed by atoms with van der Waals surface area (Å²) in [4.78, 5) is 17.1. The number of hydrogen-bond donors (Lipinski definition) is 1. The smallest absolute Gasteiger partial charge is 0.270 e. The molecule has 0 unspecified atom stereocenters. The Morgan fingerprint density at radius 1 is 1.53 bits per heavy atom. The number of likely N-dealkylation sites (tertiary alicyclic amines) is 1. The van der Waals surface area contributed by atoms with E-state index in [1.807, 2.05) is 11.0 Å². The van der Waals surface area contributed by atoms with Crippen LogP contribution in [0.2, 0.25) is 0 Å². The van der Waals surface area contributed by atoms with Crippen LogP contribution in [0.5, 0.6) is 0 Å². The third-order valence-corrected chi connectivity index (χ3v) is 4.45. The van der Waals surface area contributed by atoms with Crippen LogP contribution >= 0.6 is 15.9 Å². The van der Waals surface area contributed by atoms with E-state index in [2.05, 4.69) is 34.8 Å². The van der Waals surface area contributed by atoms with Gasteiger partial charge in [-0.2, -0.15) is 0 Å². The molecule has 1 N–H and O–H groups in total. The van der Waals surface area contributed by atoms with Crippen molar-refractivity contribution >= 4 is 21.8 Å². The lowest BCUT2D eigenvalue weighted by Gasteiger charge is -2.38. The minimum Gasteiger partial charge on any atom is -0.356 e. The molecule has 17 heavy (non-hydrogen) atoms. The van der Waals surface area contributed by atoms with E-state index in [-0.39, 0.29) is 5.91 Å². The predicted octanol–water partition coefficient (Wildman–Crippen LogP) is 3.43. The number of hydrogen-bond acceptors (Lipinski definition) is 1. The van der Waals surface area contributed by atoms with E-state index in [1.165, 1.54) is 6.42 Å². The zero-order valence-electron chi connectivity index (χ0n) is 10.4. The Morgan fingerprint density at radius 2 is 2.18 bits per heavy atom. The quantitative estimate of drug-likeness (QED) is 0.892. The number of piperidine rings is 1. The Hall–Kier alpha value is -0.770. The Labute approximate surface area is 111 Å². The molecule has 0 bridgehead atoms. The molecule has 1 aromatic heterocycles. The highest BCUT2D eigenvalue weighted by atomic mass is 79.9. The zero-order valence-corrected chi connectivity index (χ0v) is 12.0. The van der Waals surface area contributed by atoms with Gasteiger partial charge in [-0.3, -0.25) is 4.79 Å². The fourth-order valence-electron chi connectivity index (χ4n) is 2.26. The van der Waals surface area contributed by atoms with Crippen LogP contribution in [-0.2, 0) is 0 Å². The molecule has 0 aliphatic carbocycles. The third kappa shape index (κ3) is 2.73. The van der Waals surface area contributed by atoms with E-state index in [0.29, 0.717) is 11.1 Å². The maximum absolute atomic E-state index is 12.2. The molecule has 94 valence electrons. The Morgan fingerprint density at radius 3 is 2.65 bits per heavy atom. The summed E-state index contributed by atoms with van der Waals surface area (Å²) in [6.45, 7) is 6.30. The maximum atomic E-state index is 12.2. The molecule has 4 heteroatoms. The van der Waals surface area contributed by atoms with Crippen LogP contribution in [0.1, 0.15) is 43.6 Å². The molecule has 1 saturated heterocycles. The Kier molecular flexibility index (Phi) is 3.61. The molecule has 1 aliphatic heterocycles. The second-order valence-electron chi connectivity index (χ2n) is 5.19. The SMILES string of the molecule is CCC1(C)CCN(C(=O)c2cc(Br)c[nH]2)CC1. The maximum Gasteiger partial charge on any atom is 0.270 e. The first-order chi connectivity index (χ1) is 8.04. The minimum absolute atomic E-state index is 0.119. The van der Waals surface area contributed by atoms with Gasteiger partial charge in [0.25, 0.3) is 5.91 Å². The summed E-state index contributed by atoms with van der Waals surface area (Å²) in [6, 6.07) is 1.84. The van der Waals surface area contributed by atoms with E-state index in [9.17, 15) is 4.79 Å². The summed E-state index contributed by atoms with van der Waals surface area (Å²) in [5.74, 6) is 0.119. The number of rotatable bonds is 2. The summed E-state index contributed by atoms with van der Waals surface area (Å²) >= 11 is 3.35. The van der Waals surface area contributed by atoms with E-state index in [4.69, 9.17) is 0 Å². The number of carbonyl (C=O) groups is 1. The van der Waals surface area contributed by atoms with Crippen molar-refractivity contribution in [3.8, 4) is 0 Å². The highest BCUT2D eigenvalue weighted by molar-refractivity contribution is 9.10. The van der Waals surface area contributed by atoms with Crippen LogP contribution in [-0.4, -0.2) is 28.9 Å². The Balaban J connectivity index is 1.99. The van der Waals surface area contributed by atoms with E-state index in [0.717, 1.165) is 30.4 Å². The van der Waals surface area contributed by atoms with Crippen molar-refractivity contribution in [2.24, 2.45) is 5.41 Å². The first kappa shape index (κ1) is 12.7. The van der Waals surface area contributed by atoms with Crippen molar-refractivity contribution in [2.45, 2.75) is 33.1 Å². The van der Waals surface area contributed by atoms with Crippen molar-refractivity contribution in [3.05, 3.63) is 22.4 Å². The summed E-state index contributed by atoms with van der Waals surface area (Å²) in [6.07, 6.45) is 5.21. The van der Waals surface area contributed by atoms with Crippen LogP contribution in [0.15, 0.2) is 16.7 Å². The number of carbonyl (C=O) groups excluding carboxylic acids is 1. The molecular formula is C13H19BrN2O. The van der Waals surface area contributed by atoms with Crippen molar-refractivity contribution in [3.63, 3.8) is 0 Å². The van der Waals surface area contributed by atoms with Gasteiger partial charge >= 0.3 is 0 Å². The van der Waals surface area contributed by atoms with Crippen molar-refractivity contribution in [1.29, 1.82) is 0 Å². The zero-order chi connectivity index (χ0) is 12.5. The molecule has 0 atom stereocenters. The predicted molar refractivity (Wildman–Crippen MR) is 72.0 cm³/mol. The number of amides is 1. The molecule has 0 spiro atoms. The molecule has 1 fully saturated rings. The van der Waals surface area contributed by atoms with Crippen LogP contribution in [0.25, 0.3) is 0 Å². The fraction of sp³-hybridized carbons (Fsp3) is 0.615. The average molecular weight is 299 g/mol. The van der Waals surface area contributed by atoms with Crippen molar-refractivity contribution < 1.29 is 4.79 Å². The minimum atomic E-state index is 0.119. The molecule has 0 saturated carbocycles. The highest BCUT2D eigenvalue weighted by Gasteiger charge is 2.30. The monoisotopic (exact) mass is 298 g/mol. The number of nitrogens with one attached hydrogen (secondary N) is 1. The van der Waals surface area contributed by atoms with Crippen LogP contribution in [0.4, 0.5) is 0 Å². The molecule has 2 heterocycles. The second kappa shape index (κ2) is 4.84. The average Bonchev–Trinajstić information content (AvgIpc) is 2.76. The van der Waals surface area contributed by atoms with Crippen LogP contribution in [0, 0.1) is 5.41 Å². The number of halogens is 1. The van der Waals surface area contributed by atoms with Gasteiger partial charge < -0.3 is 9.88 Å². The first-order valence-corrected chi connectivity index (χ1v) is 6.96. The van der Waals surface area contributed by atoms with Gasteiger partial charge in [0.15, 0.2) is 0 Å². The molecule has 2 rings (SSSR count). The van der Waals surface area contributed by atoms with Gasteiger partial charge in [-0.15, -0.1) is 0 Å². The van der Waals surface area contributed by atoms with Gasteiger partial charge in [0, 0.05) is 23.8 Å². The van der Waals surface area contributed by atoms with E-state index < -0.39 is 0 Å². The normalized spacial score (nSPS) is 19.4. The van der Waals surface area contributed by atoms with Gasteiger partial charge in [-0.25, -0.2) is 0 Å². The standard InChI is InChI=1S/C13H19BrN2O/c1-3-13(2)4-6-16(7-5-13)12(17)11-8-10(14)9-15-11/h8-9,15H,3-7H2,1-2H3. The van der Waals surface area contributed by atoms with Gasteiger partial charge in [0.1, 0.15) is 5.69 Å². The number of aromatic nitrogens is 1. The molecule has 0 aromatic carbocycles. The topological polar surface area (TPSA) is 36.1 Å². The number of aromatic amines is 1. The molecule has 0 radical (unpaired) electrons. The van der Waals surface area contributed by atoms with E-state index >= 15 is 0 Å². The Bertz CT molecular complexity index is 405. The lowest BCUT2D eigenvalue weighted by molar-refractivity contribution is 0.0595. The number of nitrogens with zero attached hydrogens (tertiary/aromatic N) is 1. The van der Waals surface area contributed by atoms with Gasteiger partial charge in [-0.1, -0.05) is 20.3 Å². The lowest BCUT2D eigenvalue weighted by Crippen LogP contribution is -2.42. The summed E-state index contributed by atoms with van der Waals surface area (Å²) in [7, 11) is 0. The second-order valence-corrected chi connectivity index (χ2v) is 6.10. The highest BCUT2D eigenvalue weighted by Crippen LogP contribution is 2.34. The van der Waals surface area contributed by atoms with Gasteiger partial charge in [0.2, 0.25) is 0 Å². The first-order valence-electron chi connectivity index (χ1n) is 6.17. The van der Waals surface area contributed by atoms with Crippen molar-refractivity contribution in [2.75, 3.05) is 13.1 Å².